The van der Waals surface area contributed by atoms with Crippen molar-refractivity contribution in [2.24, 2.45) is 4.99 Å². The third-order valence-corrected chi connectivity index (χ3v) is 3.55. The molecule has 0 unspecified atom stereocenters. The fourth-order valence-electron chi connectivity index (χ4n) is 1.56. The summed E-state index contributed by atoms with van der Waals surface area (Å²) in [6, 6.07) is 0. The molecule has 1 aromatic rings. The van der Waals surface area contributed by atoms with E-state index in [0.717, 1.165) is 36.2 Å². The smallest absolute Gasteiger partial charge is 0.191 e. The van der Waals surface area contributed by atoms with E-state index in [1.807, 2.05) is 20.8 Å². The minimum absolute atomic E-state index is 0.778. The summed E-state index contributed by atoms with van der Waals surface area (Å²) in [7, 11) is 1.79. The van der Waals surface area contributed by atoms with Crippen molar-refractivity contribution in [2.45, 2.75) is 33.7 Å². The Morgan fingerprint density at radius 2 is 2.17 bits per heavy atom. The van der Waals surface area contributed by atoms with Crippen LogP contribution in [0.2, 0.25) is 0 Å². The first-order valence-corrected chi connectivity index (χ1v) is 6.97. The van der Waals surface area contributed by atoms with Crippen molar-refractivity contribution in [2.75, 3.05) is 13.6 Å². The van der Waals surface area contributed by atoms with Crippen LogP contribution in [0.4, 0.5) is 0 Å². The van der Waals surface area contributed by atoms with Crippen LogP contribution in [0.15, 0.2) is 17.1 Å². The lowest BCUT2D eigenvalue weighted by atomic mass is 10.4. The number of guanidine groups is 1. The normalized spacial score (nSPS) is 12.1. The lowest BCUT2D eigenvalue weighted by Gasteiger charge is -2.10. The Labute approximate surface area is 113 Å². The van der Waals surface area contributed by atoms with E-state index in [0.29, 0.717) is 0 Å². The zero-order chi connectivity index (χ0) is 13.4. The Morgan fingerprint density at radius 1 is 1.39 bits per heavy atom. The van der Waals surface area contributed by atoms with E-state index in [1.165, 1.54) is 4.88 Å². The number of thiazole rings is 1. The molecule has 0 aliphatic carbocycles. The molecule has 0 aliphatic heterocycles. The minimum Gasteiger partial charge on any atom is -0.356 e. The number of hydrogen-bond donors (Lipinski definition) is 2. The van der Waals surface area contributed by atoms with E-state index in [9.17, 15) is 0 Å². The summed E-state index contributed by atoms with van der Waals surface area (Å²) in [6.07, 6.45) is 5.20. The second-order valence-corrected chi connectivity index (χ2v) is 5.24. The second kappa shape index (κ2) is 7.87. The van der Waals surface area contributed by atoms with E-state index in [4.69, 9.17) is 0 Å². The second-order valence-electron chi connectivity index (χ2n) is 3.95. The lowest BCUT2D eigenvalue weighted by molar-refractivity contribution is 0.806. The molecule has 1 rings (SSSR count). The highest BCUT2D eigenvalue weighted by Crippen LogP contribution is 2.16. The predicted octanol–water partition coefficient (Wildman–Crippen LogP) is 2.39. The van der Waals surface area contributed by atoms with E-state index in [1.54, 1.807) is 18.4 Å². The monoisotopic (exact) mass is 266 g/mol. The van der Waals surface area contributed by atoms with Gasteiger partial charge in [0.15, 0.2) is 5.96 Å². The number of nitrogens with zero attached hydrogens (tertiary/aromatic N) is 2. The van der Waals surface area contributed by atoms with Gasteiger partial charge in [-0.15, -0.1) is 11.3 Å². The van der Waals surface area contributed by atoms with Crippen LogP contribution in [0, 0.1) is 13.8 Å². The summed E-state index contributed by atoms with van der Waals surface area (Å²) in [5.41, 5.74) is 1.11. The number of rotatable bonds is 5. The maximum Gasteiger partial charge on any atom is 0.191 e. The van der Waals surface area contributed by atoms with Crippen LogP contribution in [0.1, 0.15) is 28.9 Å². The maximum atomic E-state index is 4.41. The molecule has 0 spiro atoms. The molecule has 0 radical (unpaired) electrons. The van der Waals surface area contributed by atoms with Gasteiger partial charge in [0.25, 0.3) is 0 Å². The van der Waals surface area contributed by atoms with Crippen LogP contribution < -0.4 is 10.6 Å². The van der Waals surface area contributed by atoms with Gasteiger partial charge < -0.3 is 10.6 Å². The first kappa shape index (κ1) is 14.7. The number of aromatic nitrogens is 1. The van der Waals surface area contributed by atoms with Gasteiger partial charge in [-0.3, -0.25) is 4.99 Å². The van der Waals surface area contributed by atoms with Crippen LogP contribution in [0.3, 0.4) is 0 Å². The van der Waals surface area contributed by atoms with Crippen LogP contribution in [0.25, 0.3) is 0 Å². The SMILES string of the molecule is CC=CCCNC(=NC)NCc1sc(C)nc1C. The molecule has 100 valence electrons. The van der Waals surface area contributed by atoms with E-state index >= 15 is 0 Å². The number of hydrogen-bond acceptors (Lipinski definition) is 3. The third kappa shape index (κ3) is 4.87. The van der Waals surface area contributed by atoms with E-state index in [2.05, 4.69) is 32.8 Å². The van der Waals surface area contributed by atoms with Crippen molar-refractivity contribution in [3.63, 3.8) is 0 Å². The summed E-state index contributed by atoms with van der Waals surface area (Å²) in [5.74, 6) is 0.838. The number of aryl methyl sites for hydroxylation is 2. The molecular weight excluding hydrogens is 244 g/mol. The third-order valence-electron chi connectivity index (χ3n) is 2.48. The van der Waals surface area contributed by atoms with Crippen LogP contribution in [-0.4, -0.2) is 24.5 Å². The Morgan fingerprint density at radius 3 is 2.72 bits per heavy atom. The Balaban J connectivity index is 2.38. The maximum absolute atomic E-state index is 4.41. The Bertz CT molecular complexity index is 421. The van der Waals surface area contributed by atoms with Gasteiger partial charge in [0.2, 0.25) is 0 Å². The standard InChI is InChI=1S/C13H22N4S/c1-5-6-7-8-15-13(14-4)16-9-12-10(2)17-11(3)18-12/h5-6H,7-9H2,1-4H3,(H2,14,15,16). The highest BCUT2D eigenvalue weighted by atomic mass is 32.1. The molecule has 1 heterocycles. The van der Waals surface area contributed by atoms with Crippen LogP contribution in [-0.2, 0) is 6.54 Å². The van der Waals surface area contributed by atoms with Crippen molar-refractivity contribution in [3.8, 4) is 0 Å². The summed E-state index contributed by atoms with van der Waals surface area (Å²) in [6.45, 7) is 7.78. The van der Waals surface area contributed by atoms with Crippen LogP contribution in [0.5, 0.6) is 0 Å². The van der Waals surface area contributed by atoms with Gasteiger partial charge in [0.1, 0.15) is 0 Å². The zero-order valence-electron chi connectivity index (χ0n) is 11.6. The van der Waals surface area contributed by atoms with E-state index in [-0.39, 0.29) is 0 Å². The van der Waals surface area contributed by atoms with Gasteiger partial charge in [0, 0.05) is 18.5 Å². The summed E-state index contributed by atoms with van der Waals surface area (Å²) in [5, 5.41) is 7.69. The first-order chi connectivity index (χ1) is 8.67. The predicted molar refractivity (Wildman–Crippen MR) is 79.2 cm³/mol. The molecule has 0 amide bonds. The minimum atomic E-state index is 0.778. The Kier molecular flexibility index (Phi) is 6.43. The van der Waals surface area contributed by atoms with Crippen molar-refractivity contribution < 1.29 is 0 Å². The molecule has 4 nitrogen and oxygen atoms in total. The highest BCUT2D eigenvalue weighted by Gasteiger charge is 2.05. The molecule has 1 aromatic heterocycles. The molecule has 0 saturated heterocycles. The molecule has 0 bridgehead atoms. The molecular formula is C13H22N4S. The molecule has 0 aliphatic rings. The fourth-order valence-corrected chi connectivity index (χ4v) is 2.44. The largest absolute Gasteiger partial charge is 0.356 e. The van der Waals surface area contributed by atoms with Gasteiger partial charge in [-0.2, -0.15) is 0 Å². The van der Waals surface area contributed by atoms with Crippen LogP contribution >= 0.6 is 11.3 Å². The number of aliphatic imine (C=N–C) groups is 1. The van der Waals surface area contributed by atoms with E-state index < -0.39 is 0 Å². The number of allylic oxidation sites excluding steroid dienone is 1. The summed E-state index contributed by atoms with van der Waals surface area (Å²) < 4.78 is 0. The molecule has 5 heteroatoms. The van der Waals surface area contributed by atoms with Gasteiger partial charge in [-0.1, -0.05) is 12.2 Å². The molecule has 0 atom stereocenters. The fraction of sp³-hybridized carbons (Fsp3) is 0.538. The van der Waals surface area contributed by atoms with Gasteiger partial charge >= 0.3 is 0 Å². The zero-order valence-corrected chi connectivity index (χ0v) is 12.4. The molecule has 2 N–H and O–H groups in total. The van der Waals surface area contributed by atoms with Gasteiger partial charge in [0.05, 0.1) is 17.2 Å². The van der Waals surface area contributed by atoms with Crippen molar-refractivity contribution in [1.82, 2.24) is 15.6 Å². The molecule has 0 fully saturated rings. The average Bonchev–Trinajstić information content (AvgIpc) is 2.67. The topological polar surface area (TPSA) is 49.3 Å². The molecule has 18 heavy (non-hydrogen) atoms. The van der Waals surface area contributed by atoms with Gasteiger partial charge in [-0.25, -0.2) is 4.98 Å². The Hall–Kier alpha value is -1.36. The average molecular weight is 266 g/mol. The highest BCUT2D eigenvalue weighted by molar-refractivity contribution is 7.11. The van der Waals surface area contributed by atoms with Gasteiger partial charge in [-0.05, 0) is 27.2 Å². The van der Waals surface area contributed by atoms with Crippen molar-refractivity contribution in [1.29, 1.82) is 0 Å². The quantitative estimate of drug-likeness (QED) is 0.372. The van der Waals surface area contributed by atoms with Crippen molar-refractivity contribution >= 4 is 17.3 Å². The van der Waals surface area contributed by atoms with Crippen molar-refractivity contribution in [3.05, 3.63) is 27.7 Å². The molecule has 0 saturated carbocycles. The molecule has 0 aromatic carbocycles. The summed E-state index contributed by atoms with van der Waals surface area (Å²) in [4.78, 5) is 9.87. The summed E-state index contributed by atoms with van der Waals surface area (Å²) >= 11 is 1.73. The lowest BCUT2D eigenvalue weighted by Crippen LogP contribution is -2.37. The number of nitrogens with one attached hydrogen (secondary N) is 2. The first-order valence-electron chi connectivity index (χ1n) is 6.16.